The molecule has 2 nitrogen and oxygen atoms in total. The summed E-state index contributed by atoms with van der Waals surface area (Å²) >= 11 is 12.4. The summed E-state index contributed by atoms with van der Waals surface area (Å²) in [4.78, 5) is 20.9. The molecule has 0 saturated carbocycles. The van der Waals surface area contributed by atoms with Crippen LogP contribution < -0.4 is 0 Å². The van der Waals surface area contributed by atoms with Crippen LogP contribution in [0.2, 0.25) is 0 Å². The summed E-state index contributed by atoms with van der Waals surface area (Å²) in [6.07, 6.45) is 7.25. The van der Waals surface area contributed by atoms with Crippen LogP contribution in [-0.2, 0) is 9.59 Å². The highest BCUT2D eigenvalue weighted by molar-refractivity contribution is 7.99. The first kappa shape index (κ1) is 17.3. The molecular formula is C12H20Cl2O2S. The van der Waals surface area contributed by atoms with E-state index in [-0.39, 0.29) is 10.5 Å². The Bertz CT molecular complexity index is 201. The molecular weight excluding hydrogens is 279 g/mol. The molecule has 0 heterocycles. The van der Waals surface area contributed by atoms with E-state index >= 15 is 0 Å². The lowest BCUT2D eigenvalue weighted by atomic mass is 10.2. The molecule has 100 valence electrons. The largest absolute Gasteiger partial charge is 0.281 e. The molecule has 0 radical (unpaired) electrons. The van der Waals surface area contributed by atoms with E-state index in [2.05, 4.69) is 0 Å². The number of hydrogen-bond donors (Lipinski definition) is 0. The van der Waals surface area contributed by atoms with Crippen molar-refractivity contribution in [2.24, 2.45) is 0 Å². The van der Waals surface area contributed by atoms with Crippen molar-refractivity contribution in [2.45, 2.75) is 51.4 Å². The zero-order valence-corrected chi connectivity index (χ0v) is 12.4. The quantitative estimate of drug-likeness (QED) is 0.396. The molecule has 17 heavy (non-hydrogen) atoms. The van der Waals surface area contributed by atoms with E-state index in [4.69, 9.17) is 23.2 Å². The van der Waals surface area contributed by atoms with Crippen molar-refractivity contribution in [2.75, 3.05) is 11.5 Å². The minimum atomic E-state index is -0.230. The van der Waals surface area contributed by atoms with Crippen molar-refractivity contribution >= 4 is 45.4 Å². The van der Waals surface area contributed by atoms with Crippen LogP contribution in [0.4, 0.5) is 0 Å². The maximum absolute atomic E-state index is 10.5. The lowest BCUT2D eigenvalue weighted by Crippen LogP contribution is -1.90. The van der Waals surface area contributed by atoms with E-state index < -0.39 is 0 Å². The summed E-state index contributed by atoms with van der Waals surface area (Å²) < 4.78 is 0. The summed E-state index contributed by atoms with van der Waals surface area (Å²) in [5, 5.41) is -0.460. The molecule has 0 aromatic heterocycles. The van der Waals surface area contributed by atoms with Crippen molar-refractivity contribution in [3.8, 4) is 0 Å². The predicted octanol–water partition coefficient (Wildman–Crippen LogP) is 4.37. The van der Waals surface area contributed by atoms with Crippen molar-refractivity contribution < 1.29 is 9.59 Å². The Morgan fingerprint density at radius 2 is 1.12 bits per heavy atom. The fraction of sp³-hybridized carbons (Fsp3) is 0.833. The Morgan fingerprint density at radius 1 is 0.706 bits per heavy atom. The van der Waals surface area contributed by atoms with Gasteiger partial charge in [0.25, 0.3) is 0 Å². The van der Waals surface area contributed by atoms with Gasteiger partial charge in [-0.05, 0) is 60.4 Å². The smallest absolute Gasteiger partial charge is 0.221 e. The summed E-state index contributed by atoms with van der Waals surface area (Å²) in [6.45, 7) is 0. The summed E-state index contributed by atoms with van der Waals surface area (Å²) in [5.74, 6) is 2.29. The van der Waals surface area contributed by atoms with Crippen molar-refractivity contribution in [3.05, 3.63) is 0 Å². The molecule has 0 aliphatic rings. The number of rotatable bonds is 12. The molecule has 0 unspecified atom stereocenters. The predicted molar refractivity (Wildman–Crippen MR) is 76.0 cm³/mol. The van der Waals surface area contributed by atoms with Crippen LogP contribution in [0.5, 0.6) is 0 Å². The fourth-order valence-electron chi connectivity index (χ4n) is 1.39. The molecule has 5 heteroatoms. The van der Waals surface area contributed by atoms with Gasteiger partial charge in [-0.1, -0.05) is 12.8 Å². The third-order valence-electron chi connectivity index (χ3n) is 2.32. The first-order valence-corrected chi connectivity index (χ1v) is 7.98. The van der Waals surface area contributed by atoms with Crippen LogP contribution in [-0.4, -0.2) is 22.0 Å². The molecule has 0 spiro atoms. The number of halogens is 2. The van der Waals surface area contributed by atoms with Crippen LogP contribution in [0.3, 0.4) is 0 Å². The zero-order chi connectivity index (χ0) is 12.9. The second-order valence-electron chi connectivity index (χ2n) is 3.94. The maximum atomic E-state index is 10.5. The Balaban J connectivity index is 2.98. The third-order valence-corrected chi connectivity index (χ3v) is 3.86. The Kier molecular flexibility index (Phi) is 12.9. The van der Waals surface area contributed by atoms with Gasteiger partial charge in [0.15, 0.2) is 0 Å². The number of unbranched alkanes of at least 4 members (excludes halogenated alkanes) is 4. The number of carbonyl (C=O) groups is 2. The first-order valence-electron chi connectivity index (χ1n) is 6.07. The van der Waals surface area contributed by atoms with E-state index in [1.54, 1.807) is 0 Å². The third kappa shape index (κ3) is 16.3. The molecule has 0 fully saturated rings. The summed E-state index contributed by atoms with van der Waals surface area (Å²) in [5.41, 5.74) is 0. The normalized spacial score (nSPS) is 10.5. The van der Waals surface area contributed by atoms with Gasteiger partial charge in [0, 0.05) is 12.8 Å². The number of carbonyl (C=O) groups excluding carboxylic acids is 2. The number of hydrogen-bond acceptors (Lipinski definition) is 3. The van der Waals surface area contributed by atoms with Crippen LogP contribution in [0.1, 0.15) is 51.4 Å². The van der Waals surface area contributed by atoms with Crippen molar-refractivity contribution in [1.82, 2.24) is 0 Å². The molecule has 0 aliphatic carbocycles. The van der Waals surface area contributed by atoms with Crippen LogP contribution >= 0.6 is 35.0 Å². The van der Waals surface area contributed by atoms with Gasteiger partial charge < -0.3 is 0 Å². The van der Waals surface area contributed by atoms with E-state index in [1.165, 1.54) is 0 Å². The van der Waals surface area contributed by atoms with Crippen molar-refractivity contribution in [3.63, 3.8) is 0 Å². The molecule has 0 aliphatic heterocycles. The Labute approximate surface area is 118 Å². The maximum Gasteiger partial charge on any atom is 0.221 e. The average molecular weight is 299 g/mol. The minimum Gasteiger partial charge on any atom is -0.281 e. The highest BCUT2D eigenvalue weighted by Crippen LogP contribution is 2.12. The monoisotopic (exact) mass is 298 g/mol. The SMILES string of the molecule is O=C(Cl)CCCCCSCCCCCC(=O)Cl. The minimum absolute atomic E-state index is 0.230. The fourth-order valence-corrected chi connectivity index (χ4v) is 2.68. The highest BCUT2D eigenvalue weighted by Gasteiger charge is 1.97. The van der Waals surface area contributed by atoms with E-state index in [0.29, 0.717) is 12.8 Å². The zero-order valence-electron chi connectivity index (χ0n) is 10.1. The molecule has 0 aromatic rings. The lowest BCUT2D eigenvalue weighted by molar-refractivity contribution is -0.112. The standard InChI is InChI=1S/C12H20Cl2O2S/c13-11(15)7-3-1-5-9-17-10-6-2-4-8-12(14)16/h1-10H2. The van der Waals surface area contributed by atoms with E-state index in [0.717, 1.165) is 50.0 Å². The van der Waals surface area contributed by atoms with Crippen LogP contribution in [0.15, 0.2) is 0 Å². The molecule has 0 saturated heterocycles. The molecule has 0 amide bonds. The van der Waals surface area contributed by atoms with E-state index in [9.17, 15) is 9.59 Å². The van der Waals surface area contributed by atoms with Gasteiger partial charge in [-0.2, -0.15) is 11.8 Å². The van der Waals surface area contributed by atoms with Gasteiger partial charge in [-0.15, -0.1) is 0 Å². The Morgan fingerprint density at radius 3 is 1.47 bits per heavy atom. The highest BCUT2D eigenvalue weighted by atomic mass is 35.5. The second-order valence-corrected chi connectivity index (χ2v) is 6.01. The van der Waals surface area contributed by atoms with Gasteiger partial charge in [0.2, 0.25) is 10.5 Å². The summed E-state index contributed by atoms with van der Waals surface area (Å²) in [7, 11) is 0. The van der Waals surface area contributed by atoms with Gasteiger partial charge in [0.1, 0.15) is 0 Å². The van der Waals surface area contributed by atoms with Crippen LogP contribution in [0.25, 0.3) is 0 Å². The first-order chi connectivity index (χ1) is 8.13. The Hall–Kier alpha value is 0.270. The van der Waals surface area contributed by atoms with Gasteiger partial charge in [-0.3, -0.25) is 9.59 Å². The van der Waals surface area contributed by atoms with Gasteiger partial charge >= 0.3 is 0 Å². The van der Waals surface area contributed by atoms with Crippen molar-refractivity contribution in [1.29, 1.82) is 0 Å². The second kappa shape index (κ2) is 12.7. The molecule has 0 aromatic carbocycles. The average Bonchev–Trinajstić information content (AvgIpc) is 2.25. The van der Waals surface area contributed by atoms with Crippen LogP contribution in [0, 0.1) is 0 Å². The lowest BCUT2D eigenvalue weighted by Gasteiger charge is -2.01. The van der Waals surface area contributed by atoms with Gasteiger partial charge in [0.05, 0.1) is 0 Å². The molecule has 0 N–H and O–H groups in total. The van der Waals surface area contributed by atoms with Gasteiger partial charge in [-0.25, -0.2) is 0 Å². The number of thioether (sulfide) groups is 1. The topological polar surface area (TPSA) is 34.1 Å². The molecule has 0 atom stereocenters. The summed E-state index contributed by atoms with van der Waals surface area (Å²) in [6, 6.07) is 0. The van der Waals surface area contributed by atoms with E-state index in [1.807, 2.05) is 11.8 Å². The molecule has 0 rings (SSSR count). The molecule has 0 bridgehead atoms.